The van der Waals surface area contributed by atoms with Crippen LogP contribution in [0.5, 0.6) is 0 Å². The van der Waals surface area contributed by atoms with Gasteiger partial charge in [0.2, 0.25) is 0 Å². The number of hydrogen-bond donors (Lipinski definition) is 0. The van der Waals surface area contributed by atoms with Crippen LogP contribution in [-0.2, 0) is 19.1 Å². The molecule has 0 bridgehead atoms. The van der Waals surface area contributed by atoms with Gasteiger partial charge in [0.25, 0.3) is 0 Å². The maximum Gasteiger partial charge on any atom is 0.326 e. The Labute approximate surface area is 108 Å². The molecular formula is C13H21NO4. The molecule has 0 fully saturated rings. The summed E-state index contributed by atoms with van der Waals surface area (Å²) in [6.07, 6.45) is 0.129. The molecule has 1 atom stereocenters. The lowest BCUT2D eigenvalue weighted by atomic mass is 9.89. The molecule has 0 aliphatic heterocycles. The highest BCUT2D eigenvalue weighted by Gasteiger charge is 2.35. The van der Waals surface area contributed by atoms with Gasteiger partial charge in [-0.25, -0.2) is 0 Å². The molecule has 0 amide bonds. The minimum absolute atomic E-state index is 0.0268. The molecule has 1 unspecified atom stereocenters. The molecule has 0 spiro atoms. The van der Waals surface area contributed by atoms with E-state index in [0.717, 1.165) is 0 Å². The lowest BCUT2D eigenvalue weighted by Crippen LogP contribution is -2.31. The van der Waals surface area contributed by atoms with Gasteiger partial charge in [0.1, 0.15) is 0 Å². The number of nitrogens with zero attached hydrogens (tertiary/aromatic N) is 1. The molecule has 102 valence electrons. The van der Waals surface area contributed by atoms with E-state index >= 15 is 0 Å². The number of carbonyl (C=O) groups excluding carboxylic acids is 2. The molecule has 0 N–H and O–H groups in total. The summed E-state index contributed by atoms with van der Waals surface area (Å²) >= 11 is 0. The molecule has 0 rings (SSSR count). The second kappa shape index (κ2) is 6.39. The van der Waals surface area contributed by atoms with Crippen molar-refractivity contribution in [3.05, 3.63) is 0 Å². The van der Waals surface area contributed by atoms with Crippen molar-refractivity contribution in [2.45, 2.75) is 41.0 Å². The van der Waals surface area contributed by atoms with E-state index in [4.69, 9.17) is 14.7 Å². The van der Waals surface area contributed by atoms with Crippen LogP contribution in [0.3, 0.4) is 0 Å². The van der Waals surface area contributed by atoms with Crippen LogP contribution in [0, 0.1) is 22.2 Å². The quantitative estimate of drug-likeness (QED) is 0.703. The van der Waals surface area contributed by atoms with E-state index in [0.29, 0.717) is 0 Å². The van der Waals surface area contributed by atoms with Gasteiger partial charge in [-0.05, 0) is 34.6 Å². The first-order valence-corrected chi connectivity index (χ1v) is 5.93. The third-order valence-electron chi connectivity index (χ3n) is 2.42. The highest BCUT2D eigenvalue weighted by Crippen LogP contribution is 2.23. The van der Waals surface area contributed by atoms with Crippen LogP contribution in [0.15, 0.2) is 0 Å². The molecule has 0 radical (unpaired) electrons. The minimum atomic E-state index is -1.27. The van der Waals surface area contributed by atoms with Gasteiger partial charge in [-0.15, -0.1) is 0 Å². The molecule has 0 aromatic rings. The van der Waals surface area contributed by atoms with Gasteiger partial charge < -0.3 is 9.47 Å². The standard InChI is InChI=1S/C13H21NO4/c1-6-17-11(16)13(5,9-14)7-8-18-10(15)12(2,3)4/h6-8H2,1-5H3. The Morgan fingerprint density at radius 2 is 1.67 bits per heavy atom. The van der Waals surface area contributed by atoms with Gasteiger partial charge in [-0.3, -0.25) is 9.59 Å². The topological polar surface area (TPSA) is 76.4 Å². The number of ether oxygens (including phenoxy) is 2. The zero-order chi connectivity index (χ0) is 14.4. The Kier molecular flexibility index (Phi) is 5.83. The fourth-order valence-corrected chi connectivity index (χ4v) is 1.06. The molecule has 0 saturated carbocycles. The first-order chi connectivity index (χ1) is 8.17. The van der Waals surface area contributed by atoms with Crippen molar-refractivity contribution in [3.8, 4) is 6.07 Å². The summed E-state index contributed by atoms with van der Waals surface area (Å²) < 4.78 is 9.86. The molecular weight excluding hydrogens is 234 g/mol. The van der Waals surface area contributed by atoms with E-state index in [1.165, 1.54) is 6.92 Å². The first-order valence-electron chi connectivity index (χ1n) is 5.93. The predicted octanol–water partition coefficient (Wildman–Crippen LogP) is 2.06. The molecule has 0 aromatic heterocycles. The largest absolute Gasteiger partial charge is 0.465 e. The second-order valence-corrected chi connectivity index (χ2v) is 5.30. The number of carbonyl (C=O) groups is 2. The summed E-state index contributed by atoms with van der Waals surface area (Å²) in [7, 11) is 0. The molecule has 5 nitrogen and oxygen atoms in total. The van der Waals surface area contributed by atoms with Crippen molar-refractivity contribution in [2.24, 2.45) is 10.8 Å². The summed E-state index contributed by atoms with van der Waals surface area (Å²) in [4.78, 5) is 23.1. The fraction of sp³-hybridized carbons (Fsp3) is 0.769. The van der Waals surface area contributed by atoms with Crippen molar-refractivity contribution < 1.29 is 19.1 Å². The van der Waals surface area contributed by atoms with Crippen molar-refractivity contribution in [1.29, 1.82) is 5.26 Å². The van der Waals surface area contributed by atoms with Gasteiger partial charge >= 0.3 is 11.9 Å². The van der Waals surface area contributed by atoms with E-state index in [-0.39, 0.29) is 25.6 Å². The van der Waals surface area contributed by atoms with E-state index < -0.39 is 16.8 Å². The van der Waals surface area contributed by atoms with Crippen molar-refractivity contribution in [3.63, 3.8) is 0 Å². The van der Waals surface area contributed by atoms with Gasteiger partial charge in [0, 0.05) is 6.42 Å². The number of hydrogen-bond acceptors (Lipinski definition) is 5. The van der Waals surface area contributed by atoms with E-state index in [9.17, 15) is 9.59 Å². The van der Waals surface area contributed by atoms with E-state index in [1.807, 2.05) is 6.07 Å². The van der Waals surface area contributed by atoms with Gasteiger partial charge in [0.15, 0.2) is 5.41 Å². The zero-order valence-electron chi connectivity index (χ0n) is 11.7. The van der Waals surface area contributed by atoms with E-state index in [2.05, 4.69) is 0 Å². The molecule has 0 aliphatic rings. The van der Waals surface area contributed by atoms with Crippen LogP contribution in [0.25, 0.3) is 0 Å². The van der Waals surface area contributed by atoms with Crippen LogP contribution in [0.4, 0.5) is 0 Å². The SMILES string of the molecule is CCOC(=O)C(C)(C#N)CCOC(=O)C(C)(C)C. The van der Waals surface area contributed by atoms with Gasteiger partial charge in [-0.1, -0.05) is 0 Å². The van der Waals surface area contributed by atoms with Crippen LogP contribution in [0.2, 0.25) is 0 Å². The fourth-order valence-electron chi connectivity index (χ4n) is 1.06. The third kappa shape index (κ3) is 4.74. The summed E-state index contributed by atoms with van der Waals surface area (Å²) in [5.74, 6) is -0.939. The highest BCUT2D eigenvalue weighted by atomic mass is 16.5. The monoisotopic (exact) mass is 255 g/mol. The van der Waals surface area contributed by atoms with Crippen molar-refractivity contribution in [2.75, 3.05) is 13.2 Å². The number of esters is 2. The Morgan fingerprint density at radius 3 is 2.06 bits per heavy atom. The predicted molar refractivity (Wildman–Crippen MR) is 65.4 cm³/mol. The van der Waals surface area contributed by atoms with Crippen LogP contribution in [-0.4, -0.2) is 25.2 Å². The summed E-state index contributed by atoms with van der Waals surface area (Å²) in [5, 5.41) is 9.02. The van der Waals surface area contributed by atoms with Crippen molar-refractivity contribution in [1.82, 2.24) is 0 Å². The van der Waals surface area contributed by atoms with Crippen LogP contribution >= 0.6 is 0 Å². The lowest BCUT2D eigenvalue weighted by Gasteiger charge is -2.21. The van der Waals surface area contributed by atoms with Crippen LogP contribution in [0.1, 0.15) is 41.0 Å². The molecule has 0 aliphatic carbocycles. The molecule has 5 heteroatoms. The molecule has 0 saturated heterocycles. The maximum absolute atomic E-state index is 11.6. The zero-order valence-corrected chi connectivity index (χ0v) is 11.7. The lowest BCUT2D eigenvalue weighted by molar-refractivity contribution is -0.158. The number of nitriles is 1. The summed E-state index contributed by atoms with van der Waals surface area (Å²) in [5.41, 5.74) is -1.86. The van der Waals surface area contributed by atoms with Gasteiger partial charge in [0.05, 0.1) is 24.7 Å². The Bertz CT molecular complexity index is 351. The third-order valence-corrected chi connectivity index (χ3v) is 2.42. The molecule has 0 aromatic carbocycles. The molecule has 18 heavy (non-hydrogen) atoms. The van der Waals surface area contributed by atoms with Crippen LogP contribution < -0.4 is 0 Å². The summed E-state index contributed by atoms with van der Waals surface area (Å²) in [6, 6.07) is 1.91. The molecule has 0 heterocycles. The van der Waals surface area contributed by atoms with Crippen molar-refractivity contribution >= 4 is 11.9 Å². The van der Waals surface area contributed by atoms with Gasteiger partial charge in [-0.2, -0.15) is 5.26 Å². The number of rotatable bonds is 5. The smallest absolute Gasteiger partial charge is 0.326 e. The summed E-state index contributed by atoms with van der Waals surface area (Å²) in [6.45, 7) is 8.63. The van der Waals surface area contributed by atoms with E-state index in [1.54, 1.807) is 27.7 Å². The average Bonchev–Trinajstić information content (AvgIpc) is 2.27. The Morgan fingerprint density at radius 1 is 1.11 bits per heavy atom. The normalized spacial score (nSPS) is 14.2. The highest BCUT2D eigenvalue weighted by molar-refractivity contribution is 5.79. The second-order valence-electron chi connectivity index (χ2n) is 5.30. The average molecular weight is 255 g/mol. The Hall–Kier alpha value is -1.57. The Balaban J connectivity index is 4.38. The first kappa shape index (κ1) is 16.4. The minimum Gasteiger partial charge on any atom is -0.465 e. The maximum atomic E-state index is 11.6.